The van der Waals surface area contributed by atoms with E-state index in [0.29, 0.717) is 22.5 Å². The van der Waals surface area contributed by atoms with Crippen LogP contribution in [0.4, 0.5) is 11.8 Å². The fraction of sp³-hybridized carbons (Fsp3) is 0.714. The van der Waals surface area contributed by atoms with Crippen LogP contribution in [0.3, 0.4) is 0 Å². The molecule has 0 aromatic carbocycles. The van der Waals surface area contributed by atoms with Gasteiger partial charge in [0.05, 0.1) is 12.3 Å². The Morgan fingerprint density at radius 2 is 2.05 bits per heavy atom. The van der Waals surface area contributed by atoms with Crippen molar-refractivity contribution in [3.63, 3.8) is 0 Å². The van der Waals surface area contributed by atoms with E-state index in [1.165, 1.54) is 0 Å². The van der Waals surface area contributed by atoms with E-state index in [4.69, 9.17) is 22.4 Å². The van der Waals surface area contributed by atoms with Crippen molar-refractivity contribution in [2.24, 2.45) is 5.92 Å². The number of piperidine rings is 1. The van der Waals surface area contributed by atoms with Gasteiger partial charge in [-0.25, -0.2) is 4.98 Å². The minimum Gasteiger partial charge on any atom is -0.395 e. The first-order valence-corrected chi connectivity index (χ1v) is 7.73. The summed E-state index contributed by atoms with van der Waals surface area (Å²) in [4.78, 5) is 12.7. The Morgan fingerprint density at radius 3 is 2.67 bits per heavy atom. The lowest BCUT2D eigenvalue weighted by atomic mass is 9.96. The smallest absolute Gasteiger partial charge is 0.222 e. The van der Waals surface area contributed by atoms with E-state index in [9.17, 15) is 0 Å². The molecule has 6 nitrogen and oxygen atoms in total. The van der Waals surface area contributed by atoms with Crippen molar-refractivity contribution in [2.45, 2.75) is 19.8 Å². The van der Waals surface area contributed by atoms with Gasteiger partial charge in [0.1, 0.15) is 5.02 Å². The molecule has 0 atom stereocenters. The summed E-state index contributed by atoms with van der Waals surface area (Å²) in [7, 11) is 1.99. The van der Waals surface area contributed by atoms with Gasteiger partial charge < -0.3 is 20.6 Å². The van der Waals surface area contributed by atoms with Crippen LogP contribution < -0.4 is 10.6 Å². The van der Waals surface area contributed by atoms with Crippen LogP contribution in [0.5, 0.6) is 0 Å². The highest BCUT2D eigenvalue weighted by molar-refractivity contribution is 6.33. The van der Waals surface area contributed by atoms with Crippen LogP contribution in [0.1, 0.15) is 18.5 Å². The average Bonchev–Trinajstić information content (AvgIpc) is 2.45. The lowest BCUT2D eigenvalue weighted by Crippen LogP contribution is -2.39. The van der Waals surface area contributed by atoms with E-state index in [0.717, 1.165) is 39.0 Å². The van der Waals surface area contributed by atoms with Crippen molar-refractivity contribution >= 4 is 23.4 Å². The molecule has 1 aliphatic heterocycles. The molecule has 0 unspecified atom stereocenters. The SMILES string of the molecule is Cc1nc(N)nc(N(C)CC2CCN(CCO)CC2)c1Cl. The summed E-state index contributed by atoms with van der Waals surface area (Å²) in [6.07, 6.45) is 2.25. The van der Waals surface area contributed by atoms with Gasteiger partial charge in [-0.15, -0.1) is 0 Å². The number of aliphatic hydroxyl groups excluding tert-OH is 1. The minimum absolute atomic E-state index is 0.236. The second kappa shape index (κ2) is 7.24. The third-order valence-electron chi connectivity index (χ3n) is 4.03. The minimum atomic E-state index is 0.236. The molecule has 2 rings (SSSR count). The van der Waals surface area contributed by atoms with Crippen molar-refractivity contribution in [3.05, 3.63) is 10.7 Å². The van der Waals surface area contributed by atoms with Gasteiger partial charge in [0.15, 0.2) is 5.82 Å². The molecular formula is C14H24ClN5O. The lowest BCUT2D eigenvalue weighted by molar-refractivity contribution is 0.149. The second-order valence-corrected chi connectivity index (χ2v) is 6.07. The summed E-state index contributed by atoms with van der Waals surface area (Å²) in [5, 5.41) is 9.54. The van der Waals surface area contributed by atoms with Crippen LogP contribution >= 0.6 is 11.6 Å². The zero-order chi connectivity index (χ0) is 15.4. The van der Waals surface area contributed by atoms with Crippen LogP contribution in [0.15, 0.2) is 0 Å². The van der Waals surface area contributed by atoms with Gasteiger partial charge in [-0.05, 0) is 38.8 Å². The molecule has 0 aliphatic carbocycles. The molecule has 2 heterocycles. The van der Waals surface area contributed by atoms with Crippen molar-refractivity contribution in [1.29, 1.82) is 0 Å². The van der Waals surface area contributed by atoms with Gasteiger partial charge in [-0.2, -0.15) is 4.98 Å². The molecule has 3 N–H and O–H groups in total. The van der Waals surface area contributed by atoms with Crippen molar-refractivity contribution < 1.29 is 5.11 Å². The maximum atomic E-state index is 8.97. The lowest BCUT2D eigenvalue weighted by Gasteiger charge is -2.34. The topological polar surface area (TPSA) is 78.5 Å². The standard InChI is InChI=1S/C14H24ClN5O/c1-10-12(15)13(18-14(16)17-10)19(2)9-11-3-5-20(6-4-11)7-8-21/h11,21H,3-9H2,1-2H3,(H2,16,17,18). The first-order chi connectivity index (χ1) is 10.0. The fourth-order valence-corrected chi connectivity index (χ4v) is 3.05. The summed E-state index contributed by atoms with van der Waals surface area (Å²) < 4.78 is 0. The molecule has 1 aromatic heterocycles. The maximum Gasteiger partial charge on any atom is 0.222 e. The number of hydrogen-bond acceptors (Lipinski definition) is 6. The molecule has 0 spiro atoms. The van der Waals surface area contributed by atoms with Gasteiger partial charge in [0.25, 0.3) is 0 Å². The number of β-amino-alcohol motifs (C(OH)–C–C–N with tert-alkyl or cyclic N) is 1. The molecular weight excluding hydrogens is 290 g/mol. The molecule has 7 heteroatoms. The number of aromatic nitrogens is 2. The Morgan fingerprint density at radius 1 is 1.38 bits per heavy atom. The highest BCUT2D eigenvalue weighted by Crippen LogP contribution is 2.27. The number of rotatable bonds is 5. The number of likely N-dealkylation sites (tertiary alicyclic amines) is 1. The van der Waals surface area contributed by atoms with E-state index in [2.05, 4.69) is 19.8 Å². The van der Waals surface area contributed by atoms with Crippen molar-refractivity contribution in [3.8, 4) is 0 Å². The van der Waals surface area contributed by atoms with Crippen LogP contribution in [-0.4, -0.2) is 59.8 Å². The van der Waals surface area contributed by atoms with Gasteiger partial charge in [0.2, 0.25) is 5.95 Å². The summed E-state index contributed by atoms with van der Waals surface area (Å²) in [6.45, 7) is 5.83. The third-order valence-corrected chi connectivity index (χ3v) is 4.48. The number of nitrogens with two attached hydrogens (primary N) is 1. The summed E-state index contributed by atoms with van der Waals surface area (Å²) >= 11 is 6.28. The van der Waals surface area contributed by atoms with Gasteiger partial charge in [-0.1, -0.05) is 11.6 Å². The Bertz CT molecular complexity index is 477. The Kier molecular flexibility index (Phi) is 5.61. The molecule has 0 amide bonds. The molecule has 1 aromatic rings. The zero-order valence-electron chi connectivity index (χ0n) is 12.7. The number of halogens is 1. The third kappa shape index (κ3) is 4.18. The highest BCUT2D eigenvalue weighted by Gasteiger charge is 2.22. The Balaban J connectivity index is 1.95. The molecule has 0 saturated carbocycles. The van der Waals surface area contributed by atoms with Gasteiger partial charge >= 0.3 is 0 Å². The number of aryl methyl sites for hydroxylation is 1. The summed E-state index contributed by atoms with van der Waals surface area (Å²) in [5.74, 6) is 1.58. The maximum absolute atomic E-state index is 8.97. The number of aliphatic hydroxyl groups is 1. The molecule has 0 bridgehead atoms. The molecule has 0 radical (unpaired) electrons. The van der Waals surface area contributed by atoms with Crippen LogP contribution in [0, 0.1) is 12.8 Å². The van der Waals surface area contributed by atoms with E-state index in [1.54, 1.807) is 0 Å². The van der Waals surface area contributed by atoms with E-state index in [1.807, 2.05) is 14.0 Å². The van der Waals surface area contributed by atoms with Crippen LogP contribution in [0.25, 0.3) is 0 Å². The van der Waals surface area contributed by atoms with Crippen molar-refractivity contribution in [2.75, 3.05) is 50.5 Å². The molecule has 1 saturated heterocycles. The predicted molar refractivity (Wildman–Crippen MR) is 85.7 cm³/mol. The number of nitrogens with zero attached hydrogens (tertiary/aromatic N) is 4. The molecule has 1 fully saturated rings. The number of hydrogen-bond donors (Lipinski definition) is 2. The fourth-order valence-electron chi connectivity index (χ4n) is 2.83. The quantitative estimate of drug-likeness (QED) is 0.849. The van der Waals surface area contributed by atoms with Crippen molar-refractivity contribution in [1.82, 2.24) is 14.9 Å². The van der Waals surface area contributed by atoms with E-state index < -0.39 is 0 Å². The summed E-state index contributed by atoms with van der Waals surface area (Å²) in [6, 6.07) is 0. The summed E-state index contributed by atoms with van der Waals surface area (Å²) in [5.41, 5.74) is 6.42. The molecule has 118 valence electrons. The Hall–Kier alpha value is -1.11. The largest absolute Gasteiger partial charge is 0.395 e. The Labute approximate surface area is 130 Å². The molecule has 1 aliphatic rings. The number of nitrogen functional groups attached to an aromatic ring is 1. The number of anilines is 2. The predicted octanol–water partition coefficient (Wildman–Crippen LogP) is 1.16. The van der Waals surface area contributed by atoms with Gasteiger partial charge in [0, 0.05) is 20.1 Å². The van der Waals surface area contributed by atoms with Crippen LogP contribution in [-0.2, 0) is 0 Å². The first-order valence-electron chi connectivity index (χ1n) is 7.35. The molecule has 21 heavy (non-hydrogen) atoms. The van der Waals surface area contributed by atoms with Crippen LogP contribution in [0.2, 0.25) is 5.02 Å². The second-order valence-electron chi connectivity index (χ2n) is 5.69. The monoisotopic (exact) mass is 313 g/mol. The van der Waals surface area contributed by atoms with E-state index >= 15 is 0 Å². The average molecular weight is 314 g/mol. The highest BCUT2D eigenvalue weighted by atomic mass is 35.5. The first kappa shape index (κ1) is 16.3. The van der Waals surface area contributed by atoms with E-state index in [-0.39, 0.29) is 12.6 Å². The normalized spacial score (nSPS) is 17.1. The van der Waals surface area contributed by atoms with Gasteiger partial charge in [-0.3, -0.25) is 0 Å². The zero-order valence-corrected chi connectivity index (χ0v) is 13.5.